The molecule has 4 aromatic rings. The maximum Gasteiger partial charge on any atom is 0.285 e. The maximum absolute atomic E-state index is 13.4. The highest BCUT2D eigenvalue weighted by molar-refractivity contribution is 7.22. The molecule has 0 saturated heterocycles. The highest BCUT2D eigenvalue weighted by Gasteiger charge is 2.24. The van der Waals surface area contributed by atoms with E-state index in [2.05, 4.69) is 17.0 Å². The molecule has 0 bridgehead atoms. The standard InChI is InChI=1S/C21H18N4O2S/c1-3-14-8-10-15(11-9-14)25(20(27)17-12-13-19(26)24(2)23-17)21-22-16-6-4-5-7-18(16)28-21/h4-13H,3H2,1-2H3. The van der Waals surface area contributed by atoms with Crippen molar-refractivity contribution in [1.82, 2.24) is 14.8 Å². The Labute approximate surface area is 165 Å². The Morgan fingerprint density at radius 3 is 2.50 bits per heavy atom. The van der Waals surface area contributed by atoms with Crippen LogP contribution in [0, 0.1) is 0 Å². The van der Waals surface area contributed by atoms with E-state index in [4.69, 9.17) is 0 Å². The van der Waals surface area contributed by atoms with Crippen LogP contribution in [0.5, 0.6) is 0 Å². The fourth-order valence-electron chi connectivity index (χ4n) is 2.88. The van der Waals surface area contributed by atoms with Crippen molar-refractivity contribution in [3.8, 4) is 0 Å². The predicted molar refractivity (Wildman–Crippen MR) is 111 cm³/mol. The SMILES string of the molecule is CCc1ccc(N(C(=O)c2ccc(=O)n(C)n2)c2nc3ccccc3s2)cc1. The molecule has 6 nitrogen and oxygen atoms in total. The number of carbonyl (C=O) groups is 1. The predicted octanol–water partition coefficient (Wildman–Crippen LogP) is 3.93. The summed E-state index contributed by atoms with van der Waals surface area (Å²) in [5.41, 5.74) is 2.63. The summed E-state index contributed by atoms with van der Waals surface area (Å²) in [4.78, 5) is 31.2. The van der Waals surface area contributed by atoms with E-state index in [1.807, 2.05) is 48.5 Å². The van der Waals surface area contributed by atoms with Gasteiger partial charge in [-0.3, -0.25) is 14.5 Å². The third kappa shape index (κ3) is 3.32. The van der Waals surface area contributed by atoms with Crippen molar-refractivity contribution in [1.29, 1.82) is 0 Å². The Balaban J connectivity index is 1.85. The summed E-state index contributed by atoms with van der Waals surface area (Å²) < 4.78 is 2.15. The van der Waals surface area contributed by atoms with Gasteiger partial charge in [0.05, 0.1) is 15.9 Å². The second-order valence-corrected chi connectivity index (χ2v) is 7.31. The largest absolute Gasteiger partial charge is 0.285 e. The molecule has 0 saturated carbocycles. The molecule has 0 aliphatic rings. The van der Waals surface area contributed by atoms with Crippen molar-refractivity contribution in [2.45, 2.75) is 13.3 Å². The molecule has 0 aliphatic carbocycles. The molecule has 2 heterocycles. The Hall–Kier alpha value is -3.32. The van der Waals surface area contributed by atoms with E-state index >= 15 is 0 Å². The zero-order chi connectivity index (χ0) is 19.7. The lowest BCUT2D eigenvalue weighted by Gasteiger charge is -2.20. The minimum absolute atomic E-state index is 0.181. The van der Waals surface area contributed by atoms with E-state index in [9.17, 15) is 9.59 Å². The number of carbonyl (C=O) groups excluding carboxylic acids is 1. The maximum atomic E-state index is 13.4. The first kappa shape index (κ1) is 18.1. The smallest absolute Gasteiger partial charge is 0.268 e. The van der Waals surface area contributed by atoms with Crippen LogP contribution in [0.25, 0.3) is 10.2 Å². The van der Waals surface area contributed by atoms with Gasteiger partial charge in [0.25, 0.3) is 11.5 Å². The summed E-state index contributed by atoms with van der Waals surface area (Å²) in [6.45, 7) is 2.08. The van der Waals surface area contributed by atoms with Gasteiger partial charge in [-0.25, -0.2) is 9.67 Å². The third-order valence-corrected chi connectivity index (χ3v) is 5.48. The van der Waals surface area contributed by atoms with Crippen LogP contribution in [0.4, 0.5) is 10.8 Å². The number of hydrogen-bond donors (Lipinski definition) is 0. The van der Waals surface area contributed by atoms with E-state index in [-0.39, 0.29) is 17.2 Å². The van der Waals surface area contributed by atoms with Gasteiger partial charge < -0.3 is 0 Å². The lowest BCUT2D eigenvalue weighted by molar-refractivity contribution is 0.0992. The number of fused-ring (bicyclic) bond motifs is 1. The number of aromatic nitrogens is 3. The molecule has 0 N–H and O–H groups in total. The Morgan fingerprint density at radius 1 is 1.07 bits per heavy atom. The number of aryl methyl sites for hydroxylation is 2. The topological polar surface area (TPSA) is 68.1 Å². The van der Waals surface area contributed by atoms with Crippen molar-refractivity contribution in [2.75, 3.05) is 4.90 Å². The molecule has 0 radical (unpaired) electrons. The molecule has 0 aliphatic heterocycles. The van der Waals surface area contributed by atoms with Crippen LogP contribution < -0.4 is 10.5 Å². The monoisotopic (exact) mass is 390 g/mol. The Kier molecular flexibility index (Phi) is 4.75. The van der Waals surface area contributed by atoms with Gasteiger partial charge in [-0.05, 0) is 42.3 Å². The first-order valence-corrected chi connectivity index (χ1v) is 9.72. The molecule has 2 aromatic heterocycles. The van der Waals surface area contributed by atoms with Crippen molar-refractivity contribution in [3.63, 3.8) is 0 Å². The van der Waals surface area contributed by atoms with Gasteiger partial charge in [-0.1, -0.05) is 42.5 Å². The summed E-state index contributed by atoms with van der Waals surface area (Å²) in [5.74, 6) is -0.334. The van der Waals surface area contributed by atoms with Gasteiger partial charge in [0.2, 0.25) is 0 Å². The zero-order valence-corrected chi connectivity index (χ0v) is 16.3. The number of hydrogen-bond acceptors (Lipinski definition) is 5. The van der Waals surface area contributed by atoms with E-state index in [1.54, 1.807) is 4.90 Å². The van der Waals surface area contributed by atoms with Crippen LogP contribution in [0.2, 0.25) is 0 Å². The highest BCUT2D eigenvalue weighted by atomic mass is 32.1. The van der Waals surface area contributed by atoms with Gasteiger partial charge in [0.15, 0.2) is 5.13 Å². The molecule has 140 valence electrons. The molecule has 28 heavy (non-hydrogen) atoms. The Bertz CT molecular complexity index is 1180. The quantitative estimate of drug-likeness (QED) is 0.529. The van der Waals surface area contributed by atoms with Crippen LogP contribution >= 0.6 is 11.3 Å². The van der Waals surface area contributed by atoms with E-state index in [0.717, 1.165) is 21.3 Å². The summed E-state index contributed by atoms with van der Waals surface area (Å²) >= 11 is 1.44. The van der Waals surface area contributed by atoms with Gasteiger partial charge >= 0.3 is 0 Å². The first-order chi connectivity index (χ1) is 13.6. The van der Waals surface area contributed by atoms with Crippen LogP contribution in [0.1, 0.15) is 23.0 Å². The summed E-state index contributed by atoms with van der Waals surface area (Å²) in [5, 5.41) is 4.68. The van der Waals surface area contributed by atoms with Gasteiger partial charge in [0, 0.05) is 13.1 Å². The molecule has 1 amide bonds. The average Bonchev–Trinajstić information content (AvgIpc) is 3.14. The summed E-state index contributed by atoms with van der Waals surface area (Å²) in [6.07, 6.45) is 0.914. The molecular weight excluding hydrogens is 372 g/mol. The number of thiazole rings is 1. The van der Waals surface area contributed by atoms with Crippen LogP contribution in [-0.4, -0.2) is 20.7 Å². The minimum atomic E-state index is -0.334. The molecule has 0 atom stereocenters. The second kappa shape index (κ2) is 7.36. The molecule has 4 rings (SSSR count). The molecular formula is C21H18N4O2S. The fourth-order valence-corrected chi connectivity index (χ4v) is 3.87. The van der Waals surface area contributed by atoms with Crippen LogP contribution in [0.3, 0.4) is 0 Å². The minimum Gasteiger partial charge on any atom is -0.268 e. The fraction of sp³-hybridized carbons (Fsp3) is 0.143. The van der Waals surface area contributed by atoms with Gasteiger partial charge in [-0.15, -0.1) is 0 Å². The van der Waals surface area contributed by atoms with E-state index in [0.29, 0.717) is 10.8 Å². The van der Waals surface area contributed by atoms with E-state index < -0.39 is 0 Å². The summed E-state index contributed by atoms with van der Waals surface area (Å²) in [6, 6.07) is 18.4. The first-order valence-electron chi connectivity index (χ1n) is 8.90. The normalized spacial score (nSPS) is 10.9. The number of rotatable bonds is 4. The number of anilines is 2. The zero-order valence-electron chi connectivity index (χ0n) is 15.5. The van der Waals surface area contributed by atoms with Crippen molar-refractivity contribution < 1.29 is 4.79 Å². The highest BCUT2D eigenvalue weighted by Crippen LogP contribution is 2.34. The average molecular weight is 390 g/mol. The molecule has 0 unspecified atom stereocenters. The van der Waals surface area contributed by atoms with Crippen LogP contribution in [0.15, 0.2) is 65.5 Å². The molecule has 0 fully saturated rings. The van der Waals surface area contributed by atoms with Crippen molar-refractivity contribution in [3.05, 3.63) is 82.3 Å². The number of nitrogens with zero attached hydrogens (tertiary/aromatic N) is 4. The van der Waals surface area contributed by atoms with Gasteiger partial charge in [0.1, 0.15) is 5.69 Å². The number of para-hydroxylation sites is 1. The lowest BCUT2D eigenvalue weighted by atomic mass is 10.1. The van der Waals surface area contributed by atoms with Crippen LogP contribution in [-0.2, 0) is 13.5 Å². The van der Waals surface area contributed by atoms with Gasteiger partial charge in [-0.2, -0.15) is 5.10 Å². The third-order valence-electron chi connectivity index (χ3n) is 4.46. The molecule has 7 heteroatoms. The second-order valence-electron chi connectivity index (χ2n) is 6.31. The Morgan fingerprint density at radius 2 is 1.82 bits per heavy atom. The van der Waals surface area contributed by atoms with E-state index in [1.165, 1.54) is 36.1 Å². The molecule has 0 spiro atoms. The molecule has 2 aromatic carbocycles. The lowest BCUT2D eigenvalue weighted by Crippen LogP contribution is -2.30. The van der Waals surface area contributed by atoms with Crippen molar-refractivity contribution in [2.24, 2.45) is 7.05 Å². The number of benzene rings is 2. The summed E-state index contributed by atoms with van der Waals surface area (Å²) in [7, 11) is 1.52. The van der Waals surface area contributed by atoms with Crippen molar-refractivity contribution >= 4 is 38.3 Å². The number of amides is 1.